The van der Waals surface area contributed by atoms with E-state index in [0.29, 0.717) is 12.2 Å². The SMILES string of the molecule is COc1ccc(Br)c(CC(O)c2ncc[nH]2)c1. The average Bonchev–Trinajstić information content (AvgIpc) is 2.85. The van der Waals surface area contributed by atoms with Gasteiger partial charge in [-0.15, -0.1) is 0 Å². The largest absolute Gasteiger partial charge is 0.497 e. The molecule has 0 fully saturated rings. The number of ether oxygens (including phenoxy) is 1. The number of hydrogen-bond donors (Lipinski definition) is 2. The Bertz CT molecular complexity index is 485. The van der Waals surface area contributed by atoms with Crippen LogP contribution in [0.5, 0.6) is 5.75 Å². The molecule has 0 saturated carbocycles. The minimum absolute atomic E-state index is 0.477. The summed E-state index contributed by atoms with van der Waals surface area (Å²) in [6, 6.07) is 5.67. The van der Waals surface area contributed by atoms with Crippen molar-refractivity contribution in [1.82, 2.24) is 9.97 Å². The first-order chi connectivity index (χ1) is 8.20. The summed E-state index contributed by atoms with van der Waals surface area (Å²) in [6.45, 7) is 0. The molecule has 0 aliphatic heterocycles. The number of benzene rings is 1. The normalized spacial score (nSPS) is 12.4. The molecule has 0 spiro atoms. The molecule has 0 amide bonds. The van der Waals surface area contributed by atoms with Gasteiger partial charge < -0.3 is 14.8 Å². The number of nitrogens with one attached hydrogen (secondary N) is 1. The summed E-state index contributed by atoms with van der Waals surface area (Å²) in [5.41, 5.74) is 0.980. The lowest BCUT2D eigenvalue weighted by molar-refractivity contribution is 0.169. The molecule has 4 nitrogen and oxygen atoms in total. The summed E-state index contributed by atoms with van der Waals surface area (Å²) >= 11 is 3.45. The highest BCUT2D eigenvalue weighted by molar-refractivity contribution is 9.10. The maximum Gasteiger partial charge on any atom is 0.135 e. The van der Waals surface area contributed by atoms with Gasteiger partial charge in [0, 0.05) is 23.3 Å². The van der Waals surface area contributed by atoms with Crippen molar-refractivity contribution < 1.29 is 9.84 Å². The smallest absolute Gasteiger partial charge is 0.135 e. The number of aliphatic hydroxyl groups is 1. The second kappa shape index (κ2) is 5.33. The molecule has 0 aliphatic rings. The van der Waals surface area contributed by atoms with E-state index in [-0.39, 0.29) is 0 Å². The molecule has 1 aromatic carbocycles. The maximum atomic E-state index is 10.00. The highest BCUT2D eigenvalue weighted by Crippen LogP contribution is 2.26. The second-order valence-electron chi connectivity index (χ2n) is 3.65. The fourth-order valence-electron chi connectivity index (χ4n) is 1.60. The number of halogens is 1. The van der Waals surface area contributed by atoms with Crippen molar-refractivity contribution >= 4 is 15.9 Å². The fourth-order valence-corrected chi connectivity index (χ4v) is 2.01. The Morgan fingerprint density at radius 3 is 3.00 bits per heavy atom. The first-order valence-electron chi connectivity index (χ1n) is 5.20. The van der Waals surface area contributed by atoms with Crippen LogP contribution in [-0.2, 0) is 6.42 Å². The van der Waals surface area contributed by atoms with Crippen LogP contribution < -0.4 is 4.74 Å². The zero-order chi connectivity index (χ0) is 12.3. The van der Waals surface area contributed by atoms with Gasteiger partial charge in [-0.3, -0.25) is 0 Å². The molecule has 1 unspecified atom stereocenters. The number of imidazole rings is 1. The van der Waals surface area contributed by atoms with Gasteiger partial charge in [-0.05, 0) is 23.8 Å². The highest BCUT2D eigenvalue weighted by Gasteiger charge is 2.13. The van der Waals surface area contributed by atoms with Crippen LogP contribution in [0.4, 0.5) is 0 Å². The summed E-state index contributed by atoms with van der Waals surface area (Å²) in [7, 11) is 1.62. The van der Waals surface area contributed by atoms with Crippen molar-refractivity contribution in [3.8, 4) is 5.75 Å². The molecule has 0 saturated heterocycles. The van der Waals surface area contributed by atoms with Gasteiger partial charge in [0.1, 0.15) is 17.7 Å². The standard InChI is InChI=1S/C12H13BrN2O2/c1-17-9-2-3-10(13)8(6-9)7-11(16)12-14-4-5-15-12/h2-6,11,16H,7H2,1H3,(H,14,15). The van der Waals surface area contributed by atoms with E-state index in [1.54, 1.807) is 19.5 Å². The lowest BCUT2D eigenvalue weighted by Crippen LogP contribution is -2.04. The van der Waals surface area contributed by atoms with Crippen molar-refractivity contribution in [3.05, 3.63) is 46.5 Å². The number of nitrogens with zero attached hydrogens (tertiary/aromatic N) is 1. The van der Waals surface area contributed by atoms with Gasteiger partial charge in [-0.2, -0.15) is 0 Å². The molecule has 17 heavy (non-hydrogen) atoms. The first kappa shape index (κ1) is 12.1. The summed E-state index contributed by atoms with van der Waals surface area (Å²) < 4.78 is 6.10. The van der Waals surface area contributed by atoms with Crippen molar-refractivity contribution in [1.29, 1.82) is 0 Å². The van der Waals surface area contributed by atoms with E-state index in [2.05, 4.69) is 25.9 Å². The fraction of sp³-hybridized carbons (Fsp3) is 0.250. The molecule has 2 rings (SSSR count). The quantitative estimate of drug-likeness (QED) is 0.911. The van der Waals surface area contributed by atoms with Gasteiger partial charge in [0.25, 0.3) is 0 Å². The number of aromatic nitrogens is 2. The predicted molar refractivity (Wildman–Crippen MR) is 67.9 cm³/mol. The molecule has 0 bridgehead atoms. The lowest BCUT2D eigenvalue weighted by Gasteiger charge is -2.11. The topological polar surface area (TPSA) is 58.1 Å². The molecule has 2 aromatic rings. The predicted octanol–water partition coefficient (Wildman–Crippen LogP) is 2.46. The first-order valence-corrected chi connectivity index (χ1v) is 5.99. The number of H-pyrrole nitrogens is 1. The van der Waals surface area contributed by atoms with E-state index >= 15 is 0 Å². The number of rotatable bonds is 4. The molecule has 1 aromatic heterocycles. The van der Waals surface area contributed by atoms with Crippen LogP contribution >= 0.6 is 15.9 Å². The second-order valence-corrected chi connectivity index (χ2v) is 4.51. The molecule has 90 valence electrons. The zero-order valence-electron chi connectivity index (χ0n) is 9.35. The van der Waals surface area contributed by atoms with Crippen molar-refractivity contribution in [3.63, 3.8) is 0 Å². The Hall–Kier alpha value is -1.33. The summed E-state index contributed by atoms with van der Waals surface area (Å²) in [4.78, 5) is 6.93. The van der Waals surface area contributed by atoms with Gasteiger partial charge in [-0.25, -0.2) is 4.98 Å². The third-order valence-corrected chi connectivity index (χ3v) is 3.27. The Balaban J connectivity index is 2.18. The van der Waals surface area contributed by atoms with Crippen LogP contribution in [-0.4, -0.2) is 22.2 Å². The number of methoxy groups -OCH3 is 1. The van der Waals surface area contributed by atoms with Gasteiger partial charge in [0.2, 0.25) is 0 Å². The zero-order valence-corrected chi connectivity index (χ0v) is 10.9. The lowest BCUT2D eigenvalue weighted by atomic mass is 10.1. The Morgan fingerprint density at radius 1 is 1.53 bits per heavy atom. The Labute approximate surface area is 108 Å². The third kappa shape index (κ3) is 2.87. The number of aromatic amines is 1. The van der Waals surface area contributed by atoms with Crippen LogP contribution in [0.25, 0.3) is 0 Å². The highest BCUT2D eigenvalue weighted by atomic mass is 79.9. The molecule has 1 atom stereocenters. The maximum absolute atomic E-state index is 10.00. The van der Waals surface area contributed by atoms with Gasteiger partial charge in [-0.1, -0.05) is 15.9 Å². The molecular weight excluding hydrogens is 284 g/mol. The van der Waals surface area contributed by atoms with E-state index < -0.39 is 6.10 Å². The molecule has 0 aliphatic carbocycles. The van der Waals surface area contributed by atoms with E-state index in [1.165, 1.54) is 0 Å². The van der Waals surface area contributed by atoms with Gasteiger partial charge >= 0.3 is 0 Å². The van der Waals surface area contributed by atoms with Gasteiger partial charge in [0.15, 0.2) is 0 Å². The Kier molecular flexibility index (Phi) is 3.81. The number of aliphatic hydroxyl groups excluding tert-OH is 1. The van der Waals surface area contributed by atoms with Crippen LogP contribution in [0.2, 0.25) is 0 Å². The van der Waals surface area contributed by atoms with Crippen LogP contribution in [0.15, 0.2) is 35.1 Å². The summed E-state index contributed by atoms with van der Waals surface area (Å²) in [5, 5.41) is 10.00. The van der Waals surface area contributed by atoms with E-state index in [1.807, 2.05) is 18.2 Å². The molecule has 1 heterocycles. The minimum atomic E-state index is -0.645. The summed E-state index contributed by atoms with van der Waals surface area (Å²) in [5.74, 6) is 1.34. The molecule has 5 heteroatoms. The van der Waals surface area contributed by atoms with Crippen LogP contribution in [0.1, 0.15) is 17.5 Å². The Morgan fingerprint density at radius 2 is 2.35 bits per heavy atom. The van der Waals surface area contributed by atoms with Crippen LogP contribution in [0.3, 0.4) is 0 Å². The molecule has 0 radical (unpaired) electrons. The van der Waals surface area contributed by atoms with Gasteiger partial charge in [0.05, 0.1) is 7.11 Å². The average molecular weight is 297 g/mol. The van der Waals surface area contributed by atoms with Crippen molar-refractivity contribution in [2.24, 2.45) is 0 Å². The number of hydrogen-bond acceptors (Lipinski definition) is 3. The molecular formula is C12H13BrN2O2. The summed E-state index contributed by atoms with van der Waals surface area (Å²) in [6.07, 6.45) is 3.15. The molecule has 2 N–H and O–H groups in total. The van der Waals surface area contributed by atoms with E-state index in [4.69, 9.17) is 4.74 Å². The monoisotopic (exact) mass is 296 g/mol. The minimum Gasteiger partial charge on any atom is -0.497 e. The van der Waals surface area contributed by atoms with Crippen LogP contribution in [0, 0.1) is 0 Å². The van der Waals surface area contributed by atoms with E-state index in [9.17, 15) is 5.11 Å². The third-order valence-electron chi connectivity index (χ3n) is 2.50. The van der Waals surface area contributed by atoms with Crippen molar-refractivity contribution in [2.75, 3.05) is 7.11 Å². The van der Waals surface area contributed by atoms with E-state index in [0.717, 1.165) is 15.8 Å². The van der Waals surface area contributed by atoms with Crippen molar-refractivity contribution in [2.45, 2.75) is 12.5 Å².